The Morgan fingerprint density at radius 2 is 1.96 bits per heavy atom. The Morgan fingerprint density at radius 1 is 1.29 bits per heavy atom. The summed E-state index contributed by atoms with van der Waals surface area (Å²) in [5, 5.41) is 9.67. The lowest BCUT2D eigenvalue weighted by atomic mass is 9.49. The minimum atomic E-state index is -0.541. The largest absolute Gasteiger partial charge is 0.462 e. The van der Waals surface area contributed by atoms with Gasteiger partial charge in [0.1, 0.15) is 22.6 Å². The number of rotatable bonds is 5. The van der Waals surface area contributed by atoms with Crippen LogP contribution in [0, 0.1) is 28.6 Å². The topological polar surface area (TPSA) is 102 Å². The number of nitrogens with zero attached hydrogens (tertiary/aromatic N) is 1. The Labute approximate surface area is 176 Å². The summed E-state index contributed by atoms with van der Waals surface area (Å²) in [5.74, 6) is 0.374. The van der Waals surface area contributed by atoms with E-state index in [1.54, 1.807) is 6.92 Å². The van der Waals surface area contributed by atoms with E-state index in [1.807, 2.05) is 6.07 Å². The zero-order chi connectivity index (χ0) is 20.1. The second kappa shape index (κ2) is 7.03. The van der Waals surface area contributed by atoms with E-state index in [2.05, 4.69) is 15.9 Å². The molecule has 4 atom stereocenters. The van der Waals surface area contributed by atoms with E-state index in [-0.39, 0.29) is 38.9 Å². The molecular formula is C20H23BrN2O4S. The number of alkyl halides is 1. The molecule has 8 heteroatoms. The van der Waals surface area contributed by atoms with Gasteiger partial charge in [0.05, 0.1) is 17.6 Å². The Bertz CT molecular complexity index is 860. The van der Waals surface area contributed by atoms with Crippen molar-refractivity contribution in [2.24, 2.45) is 17.3 Å². The molecule has 0 aliphatic heterocycles. The highest BCUT2D eigenvalue weighted by Crippen LogP contribution is 2.64. The van der Waals surface area contributed by atoms with Crippen LogP contribution in [0.4, 0.5) is 5.00 Å². The Morgan fingerprint density at radius 3 is 2.54 bits per heavy atom. The first-order valence-corrected chi connectivity index (χ1v) is 11.2. The molecule has 2 unspecified atom stereocenters. The molecule has 0 spiro atoms. The minimum absolute atomic E-state index is 0.0524. The van der Waals surface area contributed by atoms with Gasteiger partial charge in [0.2, 0.25) is 0 Å². The molecule has 1 heterocycles. The summed E-state index contributed by atoms with van der Waals surface area (Å²) in [4.78, 5) is 25.6. The van der Waals surface area contributed by atoms with Crippen molar-refractivity contribution in [3.05, 3.63) is 16.0 Å². The highest BCUT2D eigenvalue weighted by molar-refractivity contribution is 9.10. The summed E-state index contributed by atoms with van der Waals surface area (Å²) >= 11 is 4.91. The number of nitriles is 1. The van der Waals surface area contributed by atoms with E-state index < -0.39 is 11.4 Å². The van der Waals surface area contributed by atoms with Crippen molar-refractivity contribution in [1.82, 2.24) is 0 Å². The van der Waals surface area contributed by atoms with E-state index >= 15 is 0 Å². The van der Waals surface area contributed by atoms with E-state index in [0.717, 1.165) is 43.4 Å². The number of nitrogens with two attached hydrogens (primary N) is 1. The maximum absolute atomic E-state index is 13.2. The predicted octanol–water partition coefficient (Wildman–Crippen LogP) is 4.16. The van der Waals surface area contributed by atoms with Crippen molar-refractivity contribution < 1.29 is 19.1 Å². The fourth-order valence-corrected chi connectivity index (χ4v) is 8.16. The molecule has 0 radical (unpaired) electrons. The van der Waals surface area contributed by atoms with Gasteiger partial charge in [-0.25, -0.2) is 4.79 Å². The van der Waals surface area contributed by atoms with Crippen LogP contribution in [0.3, 0.4) is 0 Å². The predicted molar refractivity (Wildman–Crippen MR) is 108 cm³/mol. The minimum Gasteiger partial charge on any atom is -0.462 e. The first-order chi connectivity index (χ1) is 13.3. The van der Waals surface area contributed by atoms with Crippen LogP contribution in [0.15, 0.2) is 0 Å². The van der Waals surface area contributed by atoms with Crippen LogP contribution < -0.4 is 5.73 Å². The molecule has 6 nitrogen and oxygen atoms in total. The zero-order valence-electron chi connectivity index (χ0n) is 15.8. The third-order valence-corrected chi connectivity index (χ3v) is 8.35. The third kappa shape index (κ3) is 3.22. The maximum Gasteiger partial charge on any atom is 0.348 e. The fourth-order valence-electron chi connectivity index (χ4n) is 5.79. The maximum atomic E-state index is 13.2. The van der Waals surface area contributed by atoms with Crippen LogP contribution in [-0.4, -0.2) is 22.9 Å². The average molecular weight is 467 g/mol. The van der Waals surface area contributed by atoms with Crippen LogP contribution in [0.25, 0.3) is 0 Å². The number of carbonyl (C=O) groups is 2. The first-order valence-electron chi connectivity index (χ1n) is 9.63. The number of ether oxygens (including phenoxy) is 2. The molecule has 4 saturated carbocycles. The molecule has 5 rings (SSSR count). The monoisotopic (exact) mass is 466 g/mol. The second-order valence-electron chi connectivity index (χ2n) is 8.45. The molecule has 2 N–H and O–H groups in total. The Hall–Kier alpha value is -1.59. The zero-order valence-corrected chi connectivity index (χ0v) is 18.2. The van der Waals surface area contributed by atoms with Gasteiger partial charge in [-0.1, -0.05) is 15.9 Å². The molecule has 0 aromatic carbocycles. The summed E-state index contributed by atoms with van der Waals surface area (Å²) in [6.07, 6.45) is 6.01. The third-order valence-electron chi connectivity index (χ3n) is 6.38. The smallest absolute Gasteiger partial charge is 0.348 e. The van der Waals surface area contributed by atoms with Gasteiger partial charge in [0.15, 0.2) is 0 Å². The summed E-state index contributed by atoms with van der Waals surface area (Å²) < 4.78 is 10.8. The van der Waals surface area contributed by atoms with Gasteiger partial charge in [0.25, 0.3) is 0 Å². The molecule has 28 heavy (non-hydrogen) atoms. The lowest BCUT2D eigenvalue weighted by molar-refractivity contribution is -0.170. The highest BCUT2D eigenvalue weighted by Gasteiger charge is 2.60. The molecule has 4 fully saturated rings. The SMILES string of the molecule is CCOC(=O)c1sc(N)c(C#N)c1COC(=O)C12C[C@@H]3C[C@@H](CC(Br)(C3)C1)C2. The second-order valence-corrected chi connectivity index (χ2v) is 11.2. The van der Waals surface area contributed by atoms with Gasteiger partial charge in [-0.05, 0) is 57.3 Å². The molecular weight excluding hydrogens is 444 g/mol. The van der Waals surface area contributed by atoms with Gasteiger partial charge >= 0.3 is 11.9 Å². The lowest BCUT2D eigenvalue weighted by Crippen LogP contribution is -2.56. The van der Waals surface area contributed by atoms with Crippen molar-refractivity contribution in [2.75, 3.05) is 12.3 Å². The molecule has 0 saturated heterocycles. The van der Waals surface area contributed by atoms with E-state index in [1.165, 1.54) is 6.42 Å². The number of nitrogen functional groups attached to an aromatic ring is 1. The van der Waals surface area contributed by atoms with Crippen LogP contribution in [0.1, 0.15) is 66.2 Å². The number of esters is 2. The van der Waals surface area contributed by atoms with Gasteiger partial charge in [0, 0.05) is 9.89 Å². The van der Waals surface area contributed by atoms with E-state index in [9.17, 15) is 14.9 Å². The summed E-state index contributed by atoms with van der Waals surface area (Å²) in [7, 11) is 0. The van der Waals surface area contributed by atoms with Gasteiger partial charge < -0.3 is 15.2 Å². The fraction of sp³-hybridized carbons (Fsp3) is 0.650. The molecule has 150 valence electrons. The van der Waals surface area contributed by atoms with Crippen molar-refractivity contribution in [3.8, 4) is 6.07 Å². The van der Waals surface area contributed by atoms with Gasteiger partial charge in [-0.15, -0.1) is 11.3 Å². The van der Waals surface area contributed by atoms with Crippen molar-refractivity contribution in [3.63, 3.8) is 0 Å². The van der Waals surface area contributed by atoms with Crippen LogP contribution in [0.5, 0.6) is 0 Å². The normalized spacial score (nSPS) is 32.8. The average Bonchev–Trinajstić information content (AvgIpc) is 2.93. The van der Waals surface area contributed by atoms with Crippen LogP contribution in [0.2, 0.25) is 0 Å². The number of carbonyl (C=O) groups excluding carboxylic acids is 2. The molecule has 1 aromatic rings. The quantitative estimate of drug-likeness (QED) is 0.516. The number of hydrogen-bond acceptors (Lipinski definition) is 7. The highest BCUT2D eigenvalue weighted by atomic mass is 79.9. The van der Waals surface area contributed by atoms with Crippen molar-refractivity contribution in [2.45, 2.75) is 56.4 Å². The lowest BCUT2D eigenvalue weighted by Gasteiger charge is -2.58. The van der Waals surface area contributed by atoms with Crippen LogP contribution in [-0.2, 0) is 20.9 Å². The first kappa shape index (κ1) is 19.7. The Balaban J connectivity index is 1.55. The Kier molecular flexibility index (Phi) is 4.95. The van der Waals surface area contributed by atoms with Crippen LogP contribution >= 0.6 is 27.3 Å². The van der Waals surface area contributed by atoms with Crippen molar-refractivity contribution >= 4 is 44.2 Å². The standard InChI is InChI=1S/C20H23BrN2O4S/c1-2-26-17(24)15-14(13(8-22)16(23)28-15)9-27-18(25)19-4-11-3-12(5-19)7-20(21,6-11)10-19/h11-12H,2-7,9-10,23H2,1H3/t11-,12+,19?,20?. The summed E-state index contributed by atoms with van der Waals surface area (Å²) in [6.45, 7) is 1.80. The molecule has 4 bridgehead atoms. The number of hydrogen-bond donors (Lipinski definition) is 1. The van der Waals surface area contributed by atoms with E-state index in [0.29, 0.717) is 17.4 Å². The molecule has 0 amide bonds. The molecule has 4 aliphatic rings. The van der Waals surface area contributed by atoms with Crippen molar-refractivity contribution in [1.29, 1.82) is 5.26 Å². The van der Waals surface area contributed by atoms with E-state index in [4.69, 9.17) is 15.2 Å². The molecule has 1 aromatic heterocycles. The van der Waals surface area contributed by atoms with Gasteiger partial charge in [-0.2, -0.15) is 5.26 Å². The summed E-state index contributed by atoms with van der Waals surface area (Å²) in [5.41, 5.74) is 6.00. The van der Waals surface area contributed by atoms with Gasteiger partial charge in [-0.3, -0.25) is 4.79 Å². The number of halogens is 1. The number of anilines is 1. The number of thiophene rings is 1. The summed E-state index contributed by atoms with van der Waals surface area (Å²) in [6, 6.07) is 2.03. The molecule has 4 aliphatic carbocycles.